The van der Waals surface area contributed by atoms with Gasteiger partial charge >= 0.3 is 5.97 Å². The van der Waals surface area contributed by atoms with Gasteiger partial charge < -0.3 is 19.7 Å². The molecule has 2 aromatic carbocycles. The summed E-state index contributed by atoms with van der Waals surface area (Å²) >= 11 is 0. The van der Waals surface area contributed by atoms with Gasteiger partial charge in [-0.15, -0.1) is 0 Å². The zero-order valence-electron chi connectivity index (χ0n) is 13.2. The molecule has 0 bridgehead atoms. The Bertz CT molecular complexity index is 671. The minimum atomic E-state index is -1.65. The first-order chi connectivity index (χ1) is 11.5. The van der Waals surface area contributed by atoms with Crippen molar-refractivity contribution in [1.29, 1.82) is 0 Å². The molecular weight excluding hydrogens is 315 g/mol. The third kappa shape index (κ3) is 4.78. The summed E-state index contributed by atoms with van der Waals surface area (Å²) in [5.74, 6) is -0.695. The van der Waals surface area contributed by atoms with Crippen molar-refractivity contribution in [2.24, 2.45) is 0 Å². The van der Waals surface area contributed by atoms with Crippen molar-refractivity contribution in [3.63, 3.8) is 0 Å². The van der Waals surface area contributed by atoms with Crippen molar-refractivity contribution < 1.29 is 28.9 Å². The number of benzene rings is 2. The van der Waals surface area contributed by atoms with Crippen LogP contribution in [0.1, 0.15) is 24.2 Å². The topological polar surface area (TPSA) is 76.0 Å². The molecule has 0 aromatic heterocycles. The number of aliphatic hydroxyl groups is 2. The molecule has 24 heavy (non-hydrogen) atoms. The van der Waals surface area contributed by atoms with Crippen LogP contribution in [0, 0.1) is 5.82 Å². The number of hydrogen-bond donors (Lipinski definition) is 2. The molecule has 0 saturated heterocycles. The molecule has 0 spiro atoms. The smallest absolute Gasteiger partial charge is 0.338 e. The van der Waals surface area contributed by atoms with Gasteiger partial charge in [-0.05, 0) is 42.3 Å². The highest BCUT2D eigenvalue weighted by Crippen LogP contribution is 2.22. The van der Waals surface area contributed by atoms with E-state index in [9.17, 15) is 19.4 Å². The molecule has 0 heterocycles. The van der Waals surface area contributed by atoms with E-state index in [4.69, 9.17) is 4.74 Å². The molecule has 2 N–H and O–H groups in total. The highest BCUT2D eigenvalue weighted by atomic mass is 19.1. The molecule has 2 unspecified atom stereocenters. The van der Waals surface area contributed by atoms with E-state index in [0.717, 1.165) is 0 Å². The van der Waals surface area contributed by atoms with Crippen molar-refractivity contribution in [2.75, 3.05) is 6.61 Å². The van der Waals surface area contributed by atoms with Crippen LogP contribution in [0.25, 0.3) is 0 Å². The van der Waals surface area contributed by atoms with Crippen LogP contribution in [0.2, 0.25) is 0 Å². The van der Waals surface area contributed by atoms with Gasteiger partial charge in [0, 0.05) is 0 Å². The molecular formula is C18H19FO5. The zero-order valence-corrected chi connectivity index (χ0v) is 13.2. The number of ether oxygens (including phenoxy) is 2. The molecule has 6 heteroatoms. The number of esters is 1. The second kappa shape index (κ2) is 8.42. The van der Waals surface area contributed by atoms with Crippen LogP contribution in [0.15, 0.2) is 48.5 Å². The van der Waals surface area contributed by atoms with Gasteiger partial charge in [0.05, 0.1) is 6.61 Å². The summed E-state index contributed by atoms with van der Waals surface area (Å²) in [6.07, 6.45) is -3.04. The lowest BCUT2D eigenvalue weighted by molar-refractivity contribution is -0.159. The fourth-order valence-electron chi connectivity index (χ4n) is 2.09. The van der Waals surface area contributed by atoms with Crippen LogP contribution >= 0.6 is 0 Å². The Kier molecular flexibility index (Phi) is 6.28. The lowest BCUT2D eigenvalue weighted by atomic mass is 10.0. The molecule has 2 atom stereocenters. The highest BCUT2D eigenvalue weighted by molar-refractivity contribution is 5.75. The van der Waals surface area contributed by atoms with E-state index in [1.807, 2.05) is 0 Å². The molecule has 0 radical (unpaired) electrons. The minimum absolute atomic E-state index is 0.121. The Morgan fingerprint density at radius 2 is 1.88 bits per heavy atom. The molecule has 0 amide bonds. The van der Waals surface area contributed by atoms with Gasteiger partial charge in [0.2, 0.25) is 0 Å². The van der Waals surface area contributed by atoms with E-state index < -0.39 is 18.2 Å². The Morgan fingerprint density at radius 3 is 2.50 bits per heavy atom. The van der Waals surface area contributed by atoms with Gasteiger partial charge in [-0.2, -0.15) is 0 Å². The van der Waals surface area contributed by atoms with Crippen LogP contribution in [0.3, 0.4) is 0 Å². The number of hydrogen-bond acceptors (Lipinski definition) is 5. The van der Waals surface area contributed by atoms with Crippen molar-refractivity contribution >= 4 is 5.97 Å². The van der Waals surface area contributed by atoms with Crippen LogP contribution in [0.4, 0.5) is 4.39 Å². The maximum Gasteiger partial charge on any atom is 0.338 e. The lowest BCUT2D eigenvalue weighted by Gasteiger charge is -2.17. The number of halogens is 1. The standard InChI is InChI=1S/C18H19FO5/c1-2-23-18(22)17(21)16(20)13-6-8-15(9-7-13)24-11-12-4-3-5-14(19)10-12/h3-10,16-17,20-21H,2,11H2,1H3. The molecule has 0 aliphatic rings. The van der Waals surface area contributed by atoms with Crippen LogP contribution in [-0.2, 0) is 16.1 Å². The van der Waals surface area contributed by atoms with Gasteiger partial charge in [-0.25, -0.2) is 9.18 Å². The monoisotopic (exact) mass is 334 g/mol. The summed E-state index contributed by atoms with van der Waals surface area (Å²) in [6, 6.07) is 12.3. The van der Waals surface area contributed by atoms with Crippen molar-refractivity contribution in [2.45, 2.75) is 25.7 Å². The fourth-order valence-corrected chi connectivity index (χ4v) is 2.09. The summed E-state index contributed by atoms with van der Waals surface area (Å²) in [5, 5.41) is 19.7. The van der Waals surface area contributed by atoms with Gasteiger partial charge in [-0.1, -0.05) is 24.3 Å². The minimum Gasteiger partial charge on any atom is -0.489 e. The number of carbonyl (C=O) groups excluding carboxylic acids is 1. The van der Waals surface area contributed by atoms with E-state index in [1.54, 1.807) is 31.2 Å². The molecule has 0 aliphatic heterocycles. The predicted molar refractivity (Wildman–Crippen MR) is 84.8 cm³/mol. The average Bonchev–Trinajstić information content (AvgIpc) is 2.59. The molecule has 0 fully saturated rings. The lowest BCUT2D eigenvalue weighted by Crippen LogP contribution is -2.29. The van der Waals surface area contributed by atoms with Gasteiger partial charge in [0.15, 0.2) is 6.10 Å². The van der Waals surface area contributed by atoms with Gasteiger partial charge in [-0.3, -0.25) is 0 Å². The fraction of sp³-hybridized carbons (Fsp3) is 0.278. The second-order valence-corrected chi connectivity index (χ2v) is 5.13. The number of carbonyl (C=O) groups is 1. The first kappa shape index (κ1) is 17.9. The van der Waals surface area contributed by atoms with Crippen molar-refractivity contribution in [3.8, 4) is 5.75 Å². The van der Waals surface area contributed by atoms with Crippen LogP contribution in [-0.4, -0.2) is 28.9 Å². The van der Waals surface area contributed by atoms with E-state index in [0.29, 0.717) is 16.9 Å². The summed E-state index contributed by atoms with van der Waals surface area (Å²) < 4.78 is 23.3. The van der Waals surface area contributed by atoms with Crippen molar-refractivity contribution in [3.05, 3.63) is 65.5 Å². The Hall–Kier alpha value is -2.44. The molecule has 0 aliphatic carbocycles. The molecule has 128 valence electrons. The number of rotatable bonds is 7. The van der Waals surface area contributed by atoms with E-state index in [2.05, 4.69) is 4.74 Å². The zero-order chi connectivity index (χ0) is 17.5. The maximum absolute atomic E-state index is 13.1. The summed E-state index contributed by atoms with van der Waals surface area (Å²) in [6.45, 7) is 1.93. The molecule has 2 aromatic rings. The second-order valence-electron chi connectivity index (χ2n) is 5.13. The third-order valence-corrected chi connectivity index (χ3v) is 3.34. The SMILES string of the molecule is CCOC(=O)C(O)C(O)c1ccc(OCc2cccc(F)c2)cc1. The van der Waals surface area contributed by atoms with Crippen LogP contribution in [0.5, 0.6) is 5.75 Å². The van der Waals surface area contributed by atoms with Gasteiger partial charge in [0.25, 0.3) is 0 Å². The van der Waals surface area contributed by atoms with Crippen LogP contribution < -0.4 is 4.74 Å². The molecule has 2 rings (SSSR count). The first-order valence-electron chi connectivity index (χ1n) is 7.51. The normalized spacial score (nSPS) is 13.2. The average molecular weight is 334 g/mol. The largest absolute Gasteiger partial charge is 0.489 e. The third-order valence-electron chi connectivity index (χ3n) is 3.34. The summed E-state index contributed by atoms with van der Waals surface area (Å²) in [4.78, 5) is 11.4. The Morgan fingerprint density at radius 1 is 1.17 bits per heavy atom. The molecule has 0 saturated carbocycles. The quantitative estimate of drug-likeness (QED) is 0.760. The van der Waals surface area contributed by atoms with Crippen molar-refractivity contribution in [1.82, 2.24) is 0 Å². The first-order valence-corrected chi connectivity index (χ1v) is 7.51. The predicted octanol–water partition coefficient (Wildman–Crippen LogP) is 2.36. The van der Waals surface area contributed by atoms with Gasteiger partial charge in [0.1, 0.15) is 24.3 Å². The van der Waals surface area contributed by atoms with E-state index in [-0.39, 0.29) is 19.0 Å². The number of aliphatic hydroxyl groups excluding tert-OH is 2. The summed E-state index contributed by atoms with van der Waals surface area (Å²) in [5.41, 5.74) is 1.05. The highest BCUT2D eigenvalue weighted by Gasteiger charge is 2.26. The summed E-state index contributed by atoms with van der Waals surface area (Å²) in [7, 11) is 0. The van der Waals surface area contributed by atoms with E-state index >= 15 is 0 Å². The maximum atomic E-state index is 13.1. The Labute approximate surface area is 139 Å². The Balaban J connectivity index is 1.96. The van der Waals surface area contributed by atoms with E-state index in [1.165, 1.54) is 24.3 Å². The molecule has 5 nitrogen and oxygen atoms in total.